The Morgan fingerprint density at radius 3 is 1.38 bits per heavy atom. The van der Waals surface area contributed by atoms with Crippen molar-refractivity contribution >= 4 is 22.8 Å². The number of hydrogen-bond acceptors (Lipinski definition) is 0. The molecule has 26 heavy (non-hydrogen) atoms. The molecule has 0 nitrogen and oxygen atoms in total. The van der Waals surface area contributed by atoms with Crippen molar-refractivity contribution in [1.29, 1.82) is 0 Å². The van der Waals surface area contributed by atoms with Crippen LogP contribution in [-0.4, -0.2) is 6.16 Å². The summed E-state index contributed by atoms with van der Waals surface area (Å²) in [7, 11) is 0.887. The van der Waals surface area contributed by atoms with Crippen LogP contribution in [0.4, 0.5) is 0 Å². The second-order valence-electron chi connectivity index (χ2n) is 6.70. The van der Waals surface area contributed by atoms with Crippen LogP contribution in [0.3, 0.4) is 0 Å². The van der Waals surface area contributed by atoms with Crippen LogP contribution in [0.25, 0.3) is 0 Å². The summed E-state index contributed by atoms with van der Waals surface area (Å²) in [6.07, 6.45) is 6.24. The van der Waals surface area contributed by atoms with Gasteiger partial charge >= 0.3 is 0 Å². The standard InChI is InChI=1S/C24H26BrP/c25-26-20-12-4-11-19-24(21-13-5-1-6-14-21,22-15-7-2-8-16-22)23-17-9-3-10-18-23/h1-3,5-10,13-18,26H,4,11-12,19-20H2. The van der Waals surface area contributed by atoms with Gasteiger partial charge in [0.1, 0.15) is 0 Å². The first-order valence-electron chi connectivity index (χ1n) is 9.38. The molecule has 2 heteroatoms. The van der Waals surface area contributed by atoms with E-state index >= 15 is 0 Å². The number of hydrogen-bond donors (Lipinski definition) is 0. The van der Waals surface area contributed by atoms with E-state index in [1.54, 1.807) is 0 Å². The average molecular weight is 425 g/mol. The van der Waals surface area contributed by atoms with Gasteiger partial charge in [-0.15, -0.1) is 0 Å². The summed E-state index contributed by atoms with van der Waals surface area (Å²) in [6.45, 7) is 0. The maximum Gasteiger partial charge on any atom is 0.0451 e. The molecular weight excluding hydrogens is 399 g/mol. The summed E-state index contributed by atoms with van der Waals surface area (Å²) in [5.74, 6) is 0. The van der Waals surface area contributed by atoms with Gasteiger partial charge in [-0.2, -0.15) is 0 Å². The van der Waals surface area contributed by atoms with E-state index in [1.807, 2.05) is 0 Å². The average Bonchev–Trinajstić information content (AvgIpc) is 2.73. The van der Waals surface area contributed by atoms with Gasteiger partial charge in [0.05, 0.1) is 0 Å². The van der Waals surface area contributed by atoms with E-state index in [2.05, 4.69) is 106 Å². The second-order valence-corrected chi connectivity index (χ2v) is 9.15. The molecule has 0 bridgehead atoms. The zero-order chi connectivity index (χ0) is 18.1. The maximum absolute atomic E-state index is 3.58. The molecule has 0 N–H and O–H groups in total. The first-order valence-corrected chi connectivity index (χ1v) is 12.8. The smallest absolute Gasteiger partial charge is 0.0451 e. The first-order chi connectivity index (χ1) is 12.9. The van der Waals surface area contributed by atoms with Crippen molar-refractivity contribution in [3.05, 3.63) is 108 Å². The number of unbranched alkanes of at least 4 members (excludes halogenated alkanes) is 2. The fourth-order valence-corrected chi connectivity index (χ4v) is 5.08. The van der Waals surface area contributed by atoms with Gasteiger partial charge in [-0.1, -0.05) is 127 Å². The molecule has 0 fully saturated rings. The third-order valence-corrected chi connectivity index (χ3v) is 6.85. The minimum absolute atomic E-state index is 0.0829. The minimum atomic E-state index is -0.0829. The monoisotopic (exact) mass is 424 g/mol. The first kappa shape index (κ1) is 19.3. The molecule has 0 spiro atoms. The van der Waals surface area contributed by atoms with Crippen molar-refractivity contribution in [2.45, 2.75) is 31.1 Å². The zero-order valence-corrected chi connectivity index (χ0v) is 17.7. The third-order valence-electron chi connectivity index (χ3n) is 5.12. The van der Waals surface area contributed by atoms with E-state index < -0.39 is 0 Å². The molecule has 3 aromatic carbocycles. The third kappa shape index (κ3) is 4.45. The Hall–Kier alpha value is -1.43. The molecule has 0 aliphatic heterocycles. The molecule has 1 unspecified atom stereocenters. The lowest BCUT2D eigenvalue weighted by atomic mass is 9.66. The molecule has 0 aliphatic rings. The topological polar surface area (TPSA) is 0 Å². The Bertz CT molecular complexity index is 659. The van der Waals surface area contributed by atoms with Gasteiger partial charge in [0.15, 0.2) is 0 Å². The van der Waals surface area contributed by atoms with Crippen molar-refractivity contribution in [2.75, 3.05) is 6.16 Å². The highest BCUT2D eigenvalue weighted by atomic mass is 79.9. The molecule has 3 aromatic rings. The van der Waals surface area contributed by atoms with E-state index in [9.17, 15) is 0 Å². The predicted molar refractivity (Wildman–Crippen MR) is 120 cm³/mol. The van der Waals surface area contributed by atoms with Crippen LogP contribution in [-0.2, 0) is 5.41 Å². The second kappa shape index (κ2) is 10.0. The molecule has 0 aliphatic carbocycles. The lowest BCUT2D eigenvalue weighted by molar-refractivity contribution is 0.516. The Kier molecular flexibility index (Phi) is 7.47. The number of halogens is 1. The Morgan fingerprint density at radius 1 is 0.577 bits per heavy atom. The SMILES string of the molecule is BrPCCCCCC(c1ccccc1)(c1ccccc1)c1ccccc1. The van der Waals surface area contributed by atoms with Gasteiger partial charge in [0.25, 0.3) is 0 Å². The Labute approximate surface area is 167 Å². The molecular formula is C24H26BrP. The number of benzene rings is 3. The van der Waals surface area contributed by atoms with Crippen LogP contribution in [0.5, 0.6) is 0 Å². The van der Waals surface area contributed by atoms with Gasteiger partial charge in [0, 0.05) is 5.41 Å². The fraction of sp³-hybridized carbons (Fsp3) is 0.250. The van der Waals surface area contributed by atoms with Crippen LogP contribution in [0.2, 0.25) is 0 Å². The Morgan fingerprint density at radius 2 is 1.00 bits per heavy atom. The van der Waals surface area contributed by atoms with Crippen LogP contribution >= 0.6 is 22.8 Å². The zero-order valence-electron chi connectivity index (χ0n) is 15.1. The minimum Gasteiger partial charge on any atom is -0.0642 e. The molecule has 1 atom stereocenters. The highest BCUT2D eigenvalue weighted by Crippen LogP contribution is 2.43. The molecule has 3 rings (SSSR count). The van der Waals surface area contributed by atoms with E-state index in [1.165, 1.54) is 42.1 Å². The van der Waals surface area contributed by atoms with Crippen molar-refractivity contribution in [2.24, 2.45) is 0 Å². The van der Waals surface area contributed by atoms with E-state index in [4.69, 9.17) is 0 Å². The summed E-state index contributed by atoms with van der Waals surface area (Å²) in [4.78, 5) is 0. The van der Waals surface area contributed by atoms with Crippen molar-refractivity contribution in [3.8, 4) is 0 Å². The van der Waals surface area contributed by atoms with Gasteiger partial charge in [-0.05, 0) is 35.7 Å². The normalized spacial score (nSPS) is 11.9. The van der Waals surface area contributed by atoms with Gasteiger partial charge in [-0.3, -0.25) is 0 Å². The molecule has 0 saturated heterocycles. The maximum atomic E-state index is 3.58. The van der Waals surface area contributed by atoms with Crippen molar-refractivity contribution in [3.63, 3.8) is 0 Å². The summed E-state index contributed by atoms with van der Waals surface area (Å²) < 4.78 is 0. The van der Waals surface area contributed by atoms with Gasteiger partial charge in [-0.25, -0.2) is 0 Å². The lowest BCUT2D eigenvalue weighted by Crippen LogP contribution is -2.29. The molecule has 0 heterocycles. The fourth-order valence-electron chi connectivity index (χ4n) is 3.86. The van der Waals surface area contributed by atoms with Crippen molar-refractivity contribution in [1.82, 2.24) is 0 Å². The van der Waals surface area contributed by atoms with Gasteiger partial charge < -0.3 is 0 Å². The molecule has 134 valence electrons. The highest BCUT2D eigenvalue weighted by Gasteiger charge is 2.35. The summed E-state index contributed by atoms with van der Waals surface area (Å²) in [5, 5.41) is 0. The van der Waals surface area contributed by atoms with E-state index in [0.29, 0.717) is 0 Å². The Balaban J connectivity index is 2.06. The quantitative estimate of drug-likeness (QED) is 0.188. The molecule has 0 saturated carbocycles. The van der Waals surface area contributed by atoms with Crippen LogP contribution in [0.1, 0.15) is 42.4 Å². The van der Waals surface area contributed by atoms with E-state index in [0.717, 1.165) is 13.7 Å². The molecule has 0 radical (unpaired) electrons. The summed E-state index contributed by atoms with van der Waals surface area (Å²) >= 11 is 3.58. The van der Waals surface area contributed by atoms with Crippen molar-refractivity contribution < 1.29 is 0 Å². The van der Waals surface area contributed by atoms with Crippen LogP contribution < -0.4 is 0 Å². The summed E-state index contributed by atoms with van der Waals surface area (Å²) in [5.41, 5.74) is 4.08. The number of rotatable bonds is 9. The molecule has 0 aromatic heterocycles. The van der Waals surface area contributed by atoms with Crippen LogP contribution in [0, 0.1) is 0 Å². The van der Waals surface area contributed by atoms with Crippen LogP contribution in [0.15, 0.2) is 91.0 Å². The lowest BCUT2D eigenvalue weighted by Gasteiger charge is -2.36. The summed E-state index contributed by atoms with van der Waals surface area (Å²) in [6, 6.07) is 33.1. The predicted octanol–water partition coefficient (Wildman–Crippen LogP) is 7.57. The largest absolute Gasteiger partial charge is 0.0642 e. The van der Waals surface area contributed by atoms with E-state index in [-0.39, 0.29) is 5.41 Å². The highest BCUT2D eigenvalue weighted by molar-refractivity contribution is 9.36. The molecule has 0 amide bonds. The van der Waals surface area contributed by atoms with Gasteiger partial charge in [0.2, 0.25) is 0 Å².